The predicted molar refractivity (Wildman–Crippen MR) is 107 cm³/mol. The van der Waals surface area contributed by atoms with Crippen molar-refractivity contribution in [3.63, 3.8) is 0 Å². The van der Waals surface area contributed by atoms with Crippen LogP contribution in [0.1, 0.15) is 23.1 Å². The quantitative estimate of drug-likeness (QED) is 0.790. The lowest BCUT2D eigenvalue weighted by molar-refractivity contribution is -0.133. The van der Waals surface area contributed by atoms with Crippen LogP contribution in [0.4, 0.5) is 0 Å². The number of rotatable bonds is 5. The minimum atomic E-state index is 0.249. The summed E-state index contributed by atoms with van der Waals surface area (Å²) >= 11 is 5.91. The van der Waals surface area contributed by atoms with Gasteiger partial charge in [-0.2, -0.15) is 0 Å². The van der Waals surface area contributed by atoms with E-state index in [-0.39, 0.29) is 5.91 Å². The Morgan fingerprint density at radius 1 is 1.00 bits per heavy atom. The second-order valence-electron chi connectivity index (χ2n) is 7.32. The average molecular weight is 385 g/mol. The molecule has 0 N–H and O–H groups in total. The van der Waals surface area contributed by atoms with Gasteiger partial charge in [0, 0.05) is 50.6 Å². The summed E-state index contributed by atoms with van der Waals surface area (Å²) in [5.41, 5.74) is 3.82. The minimum Gasteiger partial charge on any atom is -0.493 e. The van der Waals surface area contributed by atoms with Gasteiger partial charge in [-0.1, -0.05) is 35.9 Å². The fourth-order valence-electron chi connectivity index (χ4n) is 3.81. The zero-order valence-corrected chi connectivity index (χ0v) is 16.3. The summed E-state index contributed by atoms with van der Waals surface area (Å²) < 4.78 is 5.58. The summed E-state index contributed by atoms with van der Waals surface area (Å²) in [6.07, 6.45) is 2.35. The van der Waals surface area contributed by atoms with E-state index in [0.717, 1.165) is 68.5 Å². The van der Waals surface area contributed by atoms with Crippen molar-refractivity contribution in [2.24, 2.45) is 0 Å². The molecule has 0 aliphatic carbocycles. The maximum Gasteiger partial charge on any atom is 0.222 e. The summed E-state index contributed by atoms with van der Waals surface area (Å²) in [6.45, 7) is 5.23. The van der Waals surface area contributed by atoms with Crippen LogP contribution in [0.15, 0.2) is 42.5 Å². The summed E-state index contributed by atoms with van der Waals surface area (Å²) in [6, 6.07) is 14.3. The van der Waals surface area contributed by atoms with E-state index in [1.807, 2.05) is 29.2 Å². The van der Waals surface area contributed by atoms with Crippen molar-refractivity contribution < 1.29 is 9.53 Å². The van der Waals surface area contributed by atoms with Crippen LogP contribution in [0, 0.1) is 0 Å². The second-order valence-corrected chi connectivity index (χ2v) is 7.76. The Hall–Kier alpha value is -2.04. The number of nitrogens with zero attached hydrogens (tertiary/aromatic N) is 2. The lowest BCUT2D eigenvalue weighted by Gasteiger charge is -2.35. The molecule has 0 aromatic heterocycles. The Morgan fingerprint density at radius 2 is 1.74 bits per heavy atom. The number of carbonyl (C=O) groups excluding carboxylic acids is 1. The van der Waals surface area contributed by atoms with Gasteiger partial charge in [-0.05, 0) is 41.3 Å². The highest BCUT2D eigenvalue weighted by Crippen LogP contribution is 2.26. The van der Waals surface area contributed by atoms with Crippen LogP contribution >= 0.6 is 11.6 Å². The molecule has 0 radical (unpaired) electrons. The predicted octanol–water partition coefficient (Wildman–Crippen LogP) is 3.55. The molecular formula is C22H25ClN2O2. The average Bonchev–Trinajstić information content (AvgIpc) is 3.16. The number of carbonyl (C=O) groups is 1. The highest BCUT2D eigenvalue weighted by atomic mass is 35.5. The van der Waals surface area contributed by atoms with E-state index in [1.165, 1.54) is 11.1 Å². The molecule has 0 unspecified atom stereocenters. The monoisotopic (exact) mass is 384 g/mol. The zero-order chi connectivity index (χ0) is 18.6. The van der Waals surface area contributed by atoms with Crippen LogP contribution in [0.2, 0.25) is 5.02 Å². The van der Waals surface area contributed by atoms with E-state index in [2.05, 4.69) is 23.1 Å². The van der Waals surface area contributed by atoms with Crippen LogP contribution in [-0.4, -0.2) is 48.5 Å². The van der Waals surface area contributed by atoms with Crippen molar-refractivity contribution in [1.82, 2.24) is 9.80 Å². The molecule has 2 aliphatic heterocycles. The number of hydrogen-bond acceptors (Lipinski definition) is 3. The number of piperazine rings is 1. The number of fused-ring (bicyclic) bond motifs is 1. The maximum absolute atomic E-state index is 12.5. The lowest BCUT2D eigenvalue weighted by atomic mass is 10.1. The van der Waals surface area contributed by atoms with Gasteiger partial charge in [0.05, 0.1) is 6.61 Å². The van der Waals surface area contributed by atoms with Crippen molar-refractivity contribution in [2.45, 2.75) is 25.8 Å². The highest BCUT2D eigenvalue weighted by molar-refractivity contribution is 6.30. The largest absolute Gasteiger partial charge is 0.493 e. The molecule has 0 spiro atoms. The van der Waals surface area contributed by atoms with Crippen LogP contribution in [0.25, 0.3) is 0 Å². The third-order valence-electron chi connectivity index (χ3n) is 5.43. The molecule has 4 nitrogen and oxygen atoms in total. The van der Waals surface area contributed by atoms with Gasteiger partial charge in [0.2, 0.25) is 5.91 Å². The molecule has 2 aliphatic rings. The van der Waals surface area contributed by atoms with Crippen molar-refractivity contribution in [2.75, 3.05) is 32.8 Å². The third kappa shape index (κ3) is 4.63. The summed E-state index contributed by atoms with van der Waals surface area (Å²) in [5, 5.41) is 0.733. The van der Waals surface area contributed by atoms with E-state index < -0.39 is 0 Å². The summed E-state index contributed by atoms with van der Waals surface area (Å²) in [5.74, 6) is 1.29. The molecule has 1 saturated heterocycles. The molecule has 27 heavy (non-hydrogen) atoms. The normalized spacial score (nSPS) is 16.9. The van der Waals surface area contributed by atoms with Gasteiger partial charge in [-0.15, -0.1) is 0 Å². The fourth-order valence-corrected chi connectivity index (χ4v) is 3.94. The fraction of sp³-hybridized carbons (Fsp3) is 0.409. The summed E-state index contributed by atoms with van der Waals surface area (Å²) in [4.78, 5) is 16.9. The molecule has 1 amide bonds. The Bertz CT molecular complexity index is 798. The zero-order valence-electron chi connectivity index (χ0n) is 15.5. The maximum atomic E-state index is 12.5. The van der Waals surface area contributed by atoms with Crippen LogP contribution < -0.4 is 4.74 Å². The number of ether oxygens (including phenoxy) is 1. The third-order valence-corrected chi connectivity index (χ3v) is 5.68. The van der Waals surface area contributed by atoms with Gasteiger partial charge in [0.15, 0.2) is 0 Å². The standard InChI is InChI=1S/C22H25ClN2O2/c23-20-5-1-17(2-6-20)4-8-22(26)25-12-10-24(11-13-25)16-18-3-7-21-19(15-18)9-14-27-21/h1-3,5-7,15H,4,8-14,16H2. The van der Waals surface area contributed by atoms with E-state index in [0.29, 0.717) is 6.42 Å². The number of hydrogen-bond donors (Lipinski definition) is 0. The topological polar surface area (TPSA) is 32.8 Å². The molecule has 2 aromatic carbocycles. The van der Waals surface area contributed by atoms with Crippen LogP contribution in [0.3, 0.4) is 0 Å². The molecule has 0 atom stereocenters. The number of benzene rings is 2. The molecule has 0 bridgehead atoms. The van der Waals surface area contributed by atoms with Crippen molar-refractivity contribution in [3.05, 3.63) is 64.2 Å². The Labute approximate surface area is 165 Å². The van der Waals surface area contributed by atoms with E-state index >= 15 is 0 Å². The first kappa shape index (κ1) is 18.3. The van der Waals surface area contributed by atoms with Crippen molar-refractivity contribution in [1.29, 1.82) is 0 Å². The van der Waals surface area contributed by atoms with Gasteiger partial charge in [0.25, 0.3) is 0 Å². The Kier molecular flexibility index (Phi) is 5.65. The number of halogens is 1. The smallest absolute Gasteiger partial charge is 0.222 e. The van der Waals surface area contributed by atoms with Gasteiger partial charge in [-0.3, -0.25) is 9.69 Å². The molecule has 5 heteroatoms. The molecule has 4 rings (SSSR count). The molecule has 2 aromatic rings. The van der Waals surface area contributed by atoms with E-state index in [4.69, 9.17) is 16.3 Å². The van der Waals surface area contributed by atoms with Gasteiger partial charge >= 0.3 is 0 Å². The highest BCUT2D eigenvalue weighted by Gasteiger charge is 2.21. The van der Waals surface area contributed by atoms with Crippen molar-refractivity contribution in [3.8, 4) is 5.75 Å². The lowest BCUT2D eigenvalue weighted by Crippen LogP contribution is -2.48. The first-order valence-corrected chi connectivity index (χ1v) is 10.0. The molecule has 142 valence electrons. The van der Waals surface area contributed by atoms with Gasteiger partial charge in [-0.25, -0.2) is 0 Å². The molecule has 2 heterocycles. The van der Waals surface area contributed by atoms with Crippen molar-refractivity contribution >= 4 is 17.5 Å². The Balaban J connectivity index is 1.23. The first-order chi connectivity index (χ1) is 13.2. The first-order valence-electron chi connectivity index (χ1n) is 9.66. The SMILES string of the molecule is O=C(CCc1ccc(Cl)cc1)N1CCN(Cc2ccc3c(c2)CCO3)CC1. The number of aryl methyl sites for hydroxylation is 1. The summed E-state index contributed by atoms with van der Waals surface area (Å²) in [7, 11) is 0. The van der Waals surface area contributed by atoms with Crippen LogP contribution in [0.5, 0.6) is 5.75 Å². The minimum absolute atomic E-state index is 0.249. The number of amides is 1. The van der Waals surface area contributed by atoms with Gasteiger partial charge in [0.1, 0.15) is 5.75 Å². The van der Waals surface area contributed by atoms with Gasteiger partial charge < -0.3 is 9.64 Å². The second kappa shape index (κ2) is 8.32. The van der Waals surface area contributed by atoms with E-state index in [1.54, 1.807) is 0 Å². The molecule has 0 saturated carbocycles. The van der Waals surface area contributed by atoms with Crippen LogP contribution in [-0.2, 0) is 24.2 Å². The Morgan fingerprint density at radius 3 is 2.52 bits per heavy atom. The molecule has 1 fully saturated rings. The van der Waals surface area contributed by atoms with E-state index in [9.17, 15) is 4.79 Å². The molecular weight excluding hydrogens is 360 g/mol.